The van der Waals surface area contributed by atoms with Crippen LogP contribution in [0, 0.1) is 6.92 Å². The largest absolute Gasteiger partial charge is 0.389 e. The van der Waals surface area contributed by atoms with Crippen LogP contribution in [0.1, 0.15) is 30.5 Å². The Morgan fingerprint density at radius 3 is 2.82 bits per heavy atom. The number of nitrogens with one attached hydrogen (secondary N) is 1. The number of halogens is 2. The minimum absolute atomic E-state index is 0.229. The Kier molecular flexibility index (Phi) is 5.76. The third-order valence-electron chi connectivity index (χ3n) is 6.99. The lowest BCUT2D eigenvalue weighted by atomic mass is 9.84. The number of ether oxygens (including phenoxy) is 1. The van der Waals surface area contributed by atoms with Crippen molar-refractivity contribution in [1.29, 1.82) is 0 Å². The number of hydrogen-bond acceptors (Lipinski definition) is 7. The Labute approximate surface area is 196 Å². The summed E-state index contributed by atoms with van der Waals surface area (Å²) in [7, 11) is 1.85. The van der Waals surface area contributed by atoms with Gasteiger partial charge in [-0.05, 0) is 44.5 Å². The number of benzene rings is 1. The van der Waals surface area contributed by atoms with Gasteiger partial charge in [0.05, 0.1) is 36.1 Å². The number of aryl methyl sites for hydroxylation is 2. The van der Waals surface area contributed by atoms with E-state index in [-0.39, 0.29) is 12.5 Å². The smallest absolute Gasteiger partial charge is 0.228 e. The molecule has 3 aromatic rings. The van der Waals surface area contributed by atoms with Crippen molar-refractivity contribution >= 4 is 34.3 Å². The number of aliphatic hydroxyl groups is 1. The molecular formula is C23H28ClFN6O2. The number of rotatable bonds is 4. The van der Waals surface area contributed by atoms with Gasteiger partial charge in [0.25, 0.3) is 0 Å². The van der Waals surface area contributed by atoms with Crippen LogP contribution in [0.15, 0.2) is 24.4 Å². The second-order valence-corrected chi connectivity index (χ2v) is 9.70. The first-order valence-electron chi connectivity index (χ1n) is 11.1. The molecule has 4 heterocycles. The van der Waals surface area contributed by atoms with E-state index in [9.17, 15) is 5.11 Å². The Bertz CT molecular complexity index is 1190. The Morgan fingerprint density at radius 2 is 2.15 bits per heavy atom. The quantitative estimate of drug-likeness (QED) is 0.599. The van der Waals surface area contributed by atoms with Gasteiger partial charge in [-0.25, -0.2) is 14.4 Å². The number of alkyl halides is 1. The molecule has 2 aliphatic rings. The number of aliphatic hydroxyl groups excluding tert-OH is 1. The number of piperidine rings is 1. The van der Waals surface area contributed by atoms with Crippen molar-refractivity contribution in [1.82, 2.24) is 24.6 Å². The van der Waals surface area contributed by atoms with E-state index in [0.717, 1.165) is 22.5 Å². The van der Waals surface area contributed by atoms with Crippen molar-refractivity contribution in [3.05, 3.63) is 40.7 Å². The van der Waals surface area contributed by atoms with E-state index in [1.165, 1.54) is 0 Å². The molecule has 8 nitrogen and oxygen atoms in total. The highest BCUT2D eigenvalue weighted by Crippen LogP contribution is 2.39. The van der Waals surface area contributed by atoms with Crippen molar-refractivity contribution in [3.63, 3.8) is 0 Å². The third kappa shape index (κ3) is 4.07. The second-order valence-electron chi connectivity index (χ2n) is 9.29. The third-order valence-corrected chi connectivity index (χ3v) is 7.32. The molecule has 2 N–H and O–H groups in total. The summed E-state index contributed by atoms with van der Waals surface area (Å²) < 4.78 is 22.6. The number of hydrogen-bond donors (Lipinski definition) is 2. The molecule has 176 valence electrons. The van der Waals surface area contributed by atoms with E-state index in [1.807, 2.05) is 37.9 Å². The fourth-order valence-electron chi connectivity index (χ4n) is 4.93. The number of likely N-dealkylation sites (tertiary alicyclic amines) is 1. The summed E-state index contributed by atoms with van der Waals surface area (Å²) in [4.78, 5) is 11.0. The van der Waals surface area contributed by atoms with Crippen LogP contribution >= 0.6 is 11.6 Å². The Hall–Kier alpha value is -2.33. The molecule has 0 aliphatic carbocycles. The van der Waals surface area contributed by atoms with Crippen LogP contribution in [-0.2, 0) is 11.8 Å². The maximum absolute atomic E-state index is 15.5. The minimum Gasteiger partial charge on any atom is -0.389 e. The number of anilines is 2. The van der Waals surface area contributed by atoms with Crippen LogP contribution in [-0.4, -0.2) is 73.9 Å². The van der Waals surface area contributed by atoms with Gasteiger partial charge in [-0.2, -0.15) is 5.10 Å². The van der Waals surface area contributed by atoms with Crippen LogP contribution < -0.4 is 5.32 Å². The Balaban J connectivity index is 1.39. The molecular weight excluding hydrogens is 447 g/mol. The summed E-state index contributed by atoms with van der Waals surface area (Å²) in [5.74, 6) is 0.879. The highest BCUT2D eigenvalue weighted by Gasteiger charge is 2.47. The summed E-state index contributed by atoms with van der Waals surface area (Å²) in [6.45, 7) is 5.44. The number of nitrogens with zero attached hydrogens (tertiary/aromatic N) is 5. The molecule has 2 aliphatic heterocycles. The van der Waals surface area contributed by atoms with Crippen LogP contribution in [0.2, 0.25) is 5.02 Å². The van der Waals surface area contributed by atoms with E-state index in [2.05, 4.69) is 20.4 Å². The van der Waals surface area contributed by atoms with E-state index >= 15 is 4.39 Å². The van der Waals surface area contributed by atoms with Gasteiger partial charge in [-0.3, -0.25) is 9.58 Å². The maximum Gasteiger partial charge on any atom is 0.228 e. The van der Waals surface area contributed by atoms with Crippen molar-refractivity contribution in [3.8, 4) is 0 Å². The van der Waals surface area contributed by atoms with Gasteiger partial charge in [-0.15, -0.1) is 0 Å². The van der Waals surface area contributed by atoms with Gasteiger partial charge in [0.2, 0.25) is 5.95 Å². The monoisotopic (exact) mass is 474 g/mol. The van der Waals surface area contributed by atoms with Crippen molar-refractivity contribution in [2.75, 3.05) is 31.6 Å². The lowest BCUT2D eigenvalue weighted by molar-refractivity contribution is -0.0237. The summed E-state index contributed by atoms with van der Waals surface area (Å²) in [6.07, 6.45) is 0.576. The fraction of sp³-hybridized carbons (Fsp3) is 0.522. The van der Waals surface area contributed by atoms with Gasteiger partial charge < -0.3 is 15.2 Å². The molecule has 0 radical (unpaired) electrons. The van der Waals surface area contributed by atoms with E-state index in [1.54, 1.807) is 16.9 Å². The molecule has 0 saturated carbocycles. The average molecular weight is 475 g/mol. The zero-order valence-electron chi connectivity index (χ0n) is 18.9. The molecule has 5 rings (SSSR count). The maximum atomic E-state index is 15.5. The summed E-state index contributed by atoms with van der Waals surface area (Å²) >= 11 is 6.59. The van der Waals surface area contributed by atoms with E-state index < -0.39 is 17.8 Å². The predicted molar refractivity (Wildman–Crippen MR) is 125 cm³/mol. The Morgan fingerprint density at radius 1 is 1.33 bits per heavy atom. The minimum atomic E-state index is -1.12. The van der Waals surface area contributed by atoms with Crippen molar-refractivity contribution < 1.29 is 14.2 Å². The average Bonchev–Trinajstić information content (AvgIpc) is 3.28. The lowest BCUT2D eigenvalue weighted by Gasteiger charge is -2.45. The fourth-order valence-corrected chi connectivity index (χ4v) is 5.24. The normalized spacial score (nSPS) is 28.5. The van der Waals surface area contributed by atoms with Crippen LogP contribution in [0.5, 0.6) is 0 Å². The zero-order valence-corrected chi connectivity index (χ0v) is 19.7. The molecule has 0 amide bonds. The van der Waals surface area contributed by atoms with Crippen LogP contribution in [0.3, 0.4) is 0 Å². The van der Waals surface area contributed by atoms with Gasteiger partial charge in [0.15, 0.2) is 0 Å². The highest BCUT2D eigenvalue weighted by atomic mass is 35.5. The summed E-state index contributed by atoms with van der Waals surface area (Å²) in [6, 6.07) is 5.59. The van der Waals surface area contributed by atoms with E-state index in [0.29, 0.717) is 42.7 Å². The molecule has 3 unspecified atom stereocenters. The first-order valence-corrected chi connectivity index (χ1v) is 11.5. The topological polar surface area (TPSA) is 88.3 Å². The van der Waals surface area contributed by atoms with Crippen LogP contribution in [0.4, 0.5) is 16.2 Å². The molecule has 4 atom stereocenters. The molecule has 0 bridgehead atoms. The summed E-state index contributed by atoms with van der Waals surface area (Å²) in [5.41, 5.74) is 1.79. The molecule has 33 heavy (non-hydrogen) atoms. The standard InChI is InChI=1S/C23H28ClFN6O2/c1-13-6-21(30(3)29-13)28-22-26-9-14-7-17(24)16(8-19(14)27-22)15-4-5-31(10-18(15)25)23(2)12-33-11-20(23)32/h6-9,15,18,20,32H,4-5,10-12H2,1-3H3,(H,26,27,28)/t15?,18?,20-,23?/m1/s1. The van der Waals surface area contributed by atoms with Gasteiger partial charge in [0, 0.05) is 42.2 Å². The summed E-state index contributed by atoms with van der Waals surface area (Å²) in [5, 5.41) is 19.2. The first-order chi connectivity index (χ1) is 15.7. The molecule has 0 spiro atoms. The molecule has 2 aromatic heterocycles. The molecule has 1 aromatic carbocycles. The predicted octanol–water partition coefficient (Wildman–Crippen LogP) is 3.35. The molecule has 2 saturated heterocycles. The number of aromatic nitrogens is 4. The first kappa shape index (κ1) is 22.5. The van der Waals surface area contributed by atoms with Gasteiger partial charge in [-0.1, -0.05) is 11.6 Å². The van der Waals surface area contributed by atoms with Crippen molar-refractivity contribution in [2.24, 2.45) is 7.05 Å². The lowest BCUT2D eigenvalue weighted by Crippen LogP contribution is -2.58. The SMILES string of the molecule is Cc1cc(Nc2ncc3cc(Cl)c(C4CCN(C5(C)COC[C@H]5O)CC4F)cc3n2)n(C)n1. The molecule has 2 fully saturated rings. The second kappa shape index (κ2) is 8.47. The van der Waals surface area contributed by atoms with Crippen LogP contribution in [0.25, 0.3) is 10.9 Å². The van der Waals surface area contributed by atoms with E-state index in [4.69, 9.17) is 16.3 Å². The number of fused-ring (bicyclic) bond motifs is 1. The van der Waals surface area contributed by atoms with Gasteiger partial charge in [0.1, 0.15) is 12.0 Å². The highest BCUT2D eigenvalue weighted by molar-refractivity contribution is 6.32. The van der Waals surface area contributed by atoms with Crippen molar-refractivity contribution in [2.45, 2.75) is 44.0 Å². The molecule has 10 heteroatoms. The zero-order chi connectivity index (χ0) is 23.3. The van der Waals surface area contributed by atoms with Gasteiger partial charge >= 0.3 is 0 Å².